The molecule has 0 saturated heterocycles. The summed E-state index contributed by atoms with van der Waals surface area (Å²) < 4.78 is 44.3. The lowest BCUT2D eigenvalue weighted by atomic mass is 10.2. The maximum Gasteiger partial charge on any atom is 0.328 e. The number of halogens is 3. The van der Waals surface area contributed by atoms with Crippen LogP contribution in [-0.2, 0) is 6.54 Å². The quantitative estimate of drug-likeness (QED) is 0.491. The number of nitrogens with zero attached hydrogens (tertiary/aromatic N) is 5. The third kappa shape index (κ3) is 5.00. The first kappa shape index (κ1) is 26.3. The summed E-state index contributed by atoms with van der Waals surface area (Å²) in [5.41, 5.74) is -0.298. The zero-order chi connectivity index (χ0) is 25.6. The lowest BCUT2D eigenvalue weighted by Gasteiger charge is -2.07. The van der Waals surface area contributed by atoms with Crippen LogP contribution in [0.2, 0.25) is 0 Å². The highest BCUT2D eigenvalue weighted by Gasteiger charge is 2.16. The number of rotatable bonds is 4. The molecule has 0 unspecified atom stereocenters. The molecule has 3 heterocycles. The Hall–Kier alpha value is -3.95. The molecule has 0 amide bonds. The second-order valence-electron chi connectivity index (χ2n) is 6.56. The van der Waals surface area contributed by atoms with Crippen LogP contribution in [0.1, 0.15) is 40.2 Å². The SMILES string of the molecule is C=C(F)/C(C)=c1\c(=C)ncn1-c1ncc2[nH]c(=O)n(Cc3c(F)cccc3F)c2n1.CC.CC. The van der Waals surface area contributed by atoms with Crippen LogP contribution in [0, 0.1) is 11.6 Å². The molecule has 0 saturated carbocycles. The lowest BCUT2D eigenvalue weighted by Crippen LogP contribution is -2.31. The zero-order valence-electron chi connectivity index (χ0n) is 19.8. The molecule has 0 radical (unpaired) electrons. The molecular weight excluding hydrogens is 445 g/mol. The molecule has 3 aromatic heterocycles. The van der Waals surface area contributed by atoms with E-state index in [4.69, 9.17) is 0 Å². The van der Waals surface area contributed by atoms with Crippen LogP contribution < -0.4 is 16.4 Å². The van der Waals surface area contributed by atoms with E-state index < -0.39 is 23.2 Å². The topological polar surface area (TPSA) is 81.4 Å². The fourth-order valence-electron chi connectivity index (χ4n) is 3.10. The molecule has 0 aliphatic rings. The lowest BCUT2D eigenvalue weighted by molar-refractivity contribution is 0.544. The molecule has 7 nitrogen and oxygen atoms in total. The molecule has 0 aliphatic carbocycles. The van der Waals surface area contributed by atoms with Crippen molar-refractivity contribution in [2.75, 3.05) is 0 Å². The summed E-state index contributed by atoms with van der Waals surface area (Å²) in [5.74, 6) is -2.16. The average Bonchev–Trinajstić information content (AvgIpc) is 3.37. The van der Waals surface area contributed by atoms with Gasteiger partial charge in [-0.1, -0.05) is 46.9 Å². The Morgan fingerprint density at radius 3 is 2.32 bits per heavy atom. The van der Waals surface area contributed by atoms with Gasteiger partial charge in [0.15, 0.2) is 5.65 Å². The number of imidazole rings is 2. The molecule has 4 rings (SSSR count). The van der Waals surface area contributed by atoms with Crippen molar-refractivity contribution in [2.24, 2.45) is 0 Å². The minimum atomic E-state index is -0.782. The summed E-state index contributed by atoms with van der Waals surface area (Å²) in [4.78, 5) is 27.5. The second-order valence-corrected chi connectivity index (χ2v) is 6.56. The number of nitrogens with one attached hydrogen (secondary N) is 1. The van der Waals surface area contributed by atoms with Gasteiger partial charge < -0.3 is 4.98 Å². The van der Waals surface area contributed by atoms with Crippen LogP contribution in [0.5, 0.6) is 0 Å². The molecule has 180 valence electrons. The number of aromatic amines is 1. The Morgan fingerprint density at radius 1 is 1.12 bits per heavy atom. The maximum atomic E-state index is 14.1. The van der Waals surface area contributed by atoms with Gasteiger partial charge in [0.1, 0.15) is 29.3 Å². The molecule has 0 spiro atoms. The summed E-state index contributed by atoms with van der Waals surface area (Å²) >= 11 is 0. The van der Waals surface area contributed by atoms with Gasteiger partial charge in [-0.05, 0) is 19.1 Å². The van der Waals surface area contributed by atoms with Crippen LogP contribution in [0.3, 0.4) is 0 Å². The molecule has 0 bridgehead atoms. The Labute approximate surface area is 194 Å². The number of allylic oxidation sites excluding steroid dienone is 1. The molecule has 0 atom stereocenters. The number of benzene rings is 1. The number of hydrogen-bond acceptors (Lipinski definition) is 4. The van der Waals surface area contributed by atoms with Crippen molar-refractivity contribution < 1.29 is 13.2 Å². The Morgan fingerprint density at radius 2 is 1.74 bits per heavy atom. The molecule has 10 heteroatoms. The van der Waals surface area contributed by atoms with E-state index in [2.05, 4.69) is 33.1 Å². The highest BCUT2D eigenvalue weighted by atomic mass is 19.1. The van der Waals surface area contributed by atoms with Crippen molar-refractivity contribution in [1.82, 2.24) is 29.1 Å². The predicted octanol–water partition coefficient (Wildman–Crippen LogP) is 3.75. The summed E-state index contributed by atoms with van der Waals surface area (Å²) in [6.45, 7) is 16.2. The van der Waals surface area contributed by atoms with Gasteiger partial charge in [-0.3, -0.25) is 9.13 Å². The van der Waals surface area contributed by atoms with Gasteiger partial charge in [0.2, 0.25) is 5.95 Å². The normalized spacial score (nSPS) is 11.3. The standard InChI is InChI=1S/C20H15F3N6O.2C2H6/c1-10(11(2)21)17-12(3)25-9-29(17)19-24-7-16-18(27-19)28(20(30)26-16)8-13-14(22)5-4-6-15(13)23;2*1-2/h4-7,9H,2-3,8H2,1H3,(H,26,30);2*1-2H3/b17-10+;;. The average molecular weight is 473 g/mol. The Bertz CT molecular complexity index is 1460. The number of fused-ring (bicyclic) bond motifs is 1. The monoisotopic (exact) mass is 472 g/mol. The molecule has 1 N–H and O–H groups in total. The molecule has 34 heavy (non-hydrogen) atoms. The first-order valence-corrected chi connectivity index (χ1v) is 10.7. The van der Waals surface area contributed by atoms with Gasteiger partial charge in [-0.2, -0.15) is 4.98 Å². The van der Waals surface area contributed by atoms with E-state index in [0.717, 1.165) is 16.7 Å². The van der Waals surface area contributed by atoms with E-state index in [0.29, 0.717) is 5.35 Å². The summed E-state index contributed by atoms with van der Waals surface area (Å²) in [6, 6.07) is 3.45. The van der Waals surface area contributed by atoms with E-state index in [1.54, 1.807) is 0 Å². The maximum absolute atomic E-state index is 14.1. The van der Waals surface area contributed by atoms with Crippen LogP contribution in [-0.4, -0.2) is 29.1 Å². The van der Waals surface area contributed by atoms with E-state index in [1.807, 2.05) is 27.7 Å². The minimum Gasteiger partial charge on any atom is -0.303 e. The van der Waals surface area contributed by atoms with Crippen LogP contribution in [0.4, 0.5) is 13.2 Å². The van der Waals surface area contributed by atoms with Crippen molar-refractivity contribution >= 4 is 23.3 Å². The molecule has 4 aromatic rings. The molecular formula is C24H27F3N6O. The molecule has 0 aliphatic heterocycles. The van der Waals surface area contributed by atoms with E-state index in [1.165, 1.54) is 30.1 Å². The Balaban J connectivity index is 0.000000970. The first-order valence-electron chi connectivity index (χ1n) is 10.7. The summed E-state index contributed by atoms with van der Waals surface area (Å²) in [6.07, 6.45) is 2.70. The van der Waals surface area contributed by atoms with Gasteiger partial charge >= 0.3 is 5.69 Å². The number of H-pyrrole nitrogens is 1. The number of hydrogen-bond donors (Lipinski definition) is 1. The van der Waals surface area contributed by atoms with Crippen molar-refractivity contribution in [3.05, 3.63) is 81.5 Å². The largest absolute Gasteiger partial charge is 0.328 e. The molecule has 1 aromatic carbocycles. The second kappa shape index (κ2) is 11.3. The molecule has 0 fully saturated rings. The minimum absolute atomic E-state index is 0.0715. The predicted molar refractivity (Wildman–Crippen MR) is 128 cm³/mol. The third-order valence-corrected chi connectivity index (χ3v) is 4.70. The van der Waals surface area contributed by atoms with Gasteiger partial charge in [-0.25, -0.2) is 27.9 Å². The summed E-state index contributed by atoms with van der Waals surface area (Å²) in [7, 11) is 0. The van der Waals surface area contributed by atoms with Crippen LogP contribution in [0.25, 0.3) is 29.3 Å². The van der Waals surface area contributed by atoms with Crippen molar-refractivity contribution in [2.45, 2.75) is 41.2 Å². The van der Waals surface area contributed by atoms with E-state index in [9.17, 15) is 18.0 Å². The highest BCUT2D eigenvalue weighted by Crippen LogP contribution is 2.16. The third-order valence-electron chi connectivity index (χ3n) is 4.70. The van der Waals surface area contributed by atoms with Crippen molar-refractivity contribution in [3.8, 4) is 5.95 Å². The highest BCUT2D eigenvalue weighted by molar-refractivity contribution is 5.70. The van der Waals surface area contributed by atoms with Crippen LogP contribution >= 0.6 is 0 Å². The first-order chi connectivity index (χ1) is 16.3. The van der Waals surface area contributed by atoms with Gasteiger partial charge in [0, 0.05) is 11.1 Å². The van der Waals surface area contributed by atoms with E-state index >= 15 is 0 Å². The van der Waals surface area contributed by atoms with Crippen molar-refractivity contribution in [3.63, 3.8) is 0 Å². The van der Waals surface area contributed by atoms with E-state index in [-0.39, 0.29) is 40.1 Å². The smallest absolute Gasteiger partial charge is 0.303 e. The fraction of sp³-hybridized carbons (Fsp3) is 0.250. The van der Waals surface area contributed by atoms with Gasteiger partial charge in [0.25, 0.3) is 0 Å². The zero-order valence-corrected chi connectivity index (χ0v) is 19.8. The van der Waals surface area contributed by atoms with Gasteiger partial charge in [-0.15, -0.1) is 0 Å². The Kier molecular flexibility index (Phi) is 8.71. The fourth-order valence-corrected chi connectivity index (χ4v) is 3.10. The summed E-state index contributed by atoms with van der Waals surface area (Å²) in [5, 5.41) is 0.598. The number of aromatic nitrogens is 6. The van der Waals surface area contributed by atoms with Crippen molar-refractivity contribution in [1.29, 1.82) is 0 Å². The van der Waals surface area contributed by atoms with Crippen LogP contribution in [0.15, 0.2) is 47.9 Å². The van der Waals surface area contributed by atoms with Gasteiger partial charge in [0.05, 0.1) is 23.4 Å².